The second-order valence-electron chi connectivity index (χ2n) is 5.93. The largest absolute Gasteiger partial charge is 0.497 e. The van der Waals surface area contributed by atoms with E-state index in [4.69, 9.17) is 9.84 Å². The number of aliphatic carboxylic acids is 1. The first-order chi connectivity index (χ1) is 11.1. The third kappa shape index (κ3) is 3.08. The molecule has 0 amide bonds. The Morgan fingerprint density at radius 1 is 1.26 bits per heavy atom. The molecule has 1 aliphatic rings. The topological polar surface area (TPSA) is 66.8 Å². The van der Waals surface area contributed by atoms with Gasteiger partial charge in [-0.05, 0) is 58.7 Å². The fourth-order valence-electron chi connectivity index (χ4n) is 3.39. The van der Waals surface area contributed by atoms with Gasteiger partial charge in [0.1, 0.15) is 5.75 Å². The van der Waals surface area contributed by atoms with Crippen LogP contribution in [-0.4, -0.2) is 23.3 Å². The van der Waals surface area contributed by atoms with Gasteiger partial charge < -0.3 is 14.9 Å². The normalized spacial score (nSPS) is 16.2. The van der Waals surface area contributed by atoms with Crippen molar-refractivity contribution in [2.24, 2.45) is 0 Å². The number of aliphatic hydroxyl groups excluding tert-OH is 1. The maximum absolute atomic E-state index is 11.0. The molecule has 3 rings (SSSR count). The maximum Gasteiger partial charge on any atom is 0.303 e. The Labute approximate surface area is 135 Å². The Bertz CT molecular complexity index is 736. The number of benzene rings is 2. The van der Waals surface area contributed by atoms with Gasteiger partial charge in [0.25, 0.3) is 0 Å². The number of carboxylic acids is 1. The average molecular weight is 312 g/mol. The molecule has 2 aromatic carbocycles. The molecule has 1 atom stereocenters. The number of fused-ring (bicyclic) bond motifs is 1. The Kier molecular flexibility index (Phi) is 4.35. The lowest BCUT2D eigenvalue weighted by molar-refractivity contribution is -0.137. The summed E-state index contributed by atoms with van der Waals surface area (Å²) in [4.78, 5) is 11.0. The fraction of sp³-hybridized carbons (Fsp3) is 0.316. The molecule has 0 radical (unpaired) electrons. The van der Waals surface area contributed by atoms with Crippen LogP contribution >= 0.6 is 0 Å². The lowest BCUT2D eigenvalue weighted by Crippen LogP contribution is -2.03. The van der Waals surface area contributed by atoms with E-state index in [2.05, 4.69) is 6.07 Å². The van der Waals surface area contributed by atoms with Crippen LogP contribution in [0.3, 0.4) is 0 Å². The fourth-order valence-corrected chi connectivity index (χ4v) is 3.39. The minimum atomic E-state index is -0.748. The molecule has 2 N–H and O–H groups in total. The van der Waals surface area contributed by atoms with Crippen LogP contribution in [0, 0.1) is 0 Å². The summed E-state index contributed by atoms with van der Waals surface area (Å²) in [5.74, 6) is 0.114. The number of methoxy groups -OCH3 is 1. The van der Waals surface area contributed by atoms with Crippen molar-refractivity contribution in [3.05, 3.63) is 53.1 Å². The van der Waals surface area contributed by atoms with Gasteiger partial charge >= 0.3 is 5.97 Å². The zero-order valence-electron chi connectivity index (χ0n) is 13.1. The second-order valence-corrected chi connectivity index (χ2v) is 5.93. The van der Waals surface area contributed by atoms with Crippen molar-refractivity contribution in [3.63, 3.8) is 0 Å². The average Bonchev–Trinajstić information content (AvgIpc) is 2.95. The summed E-state index contributed by atoms with van der Waals surface area (Å²) < 4.78 is 5.28. The van der Waals surface area contributed by atoms with Crippen molar-refractivity contribution in [3.8, 4) is 16.9 Å². The third-order valence-corrected chi connectivity index (χ3v) is 4.56. The first-order valence-corrected chi connectivity index (χ1v) is 7.75. The number of hydrogen-bond donors (Lipinski definition) is 2. The Morgan fingerprint density at radius 2 is 2.09 bits per heavy atom. The number of carboxylic acid groups (broad SMARTS) is 1. The van der Waals surface area contributed by atoms with Crippen molar-refractivity contribution < 1.29 is 19.7 Å². The number of rotatable bonds is 5. The van der Waals surface area contributed by atoms with Gasteiger partial charge in [-0.2, -0.15) is 0 Å². The van der Waals surface area contributed by atoms with E-state index in [1.807, 2.05) is 30.3 Å². The Morgan fingerprint density at radius 3 is 2.78 bits per heavy atom. The molecule has 120 valence electrons. The molecule has 4 heteroatoms. The van der Waals surface area contributed by atoms with Gasteiger partial charge in [-0.15, -0.1) is 0 Å². The van der Waals surface area contributed by atoms with Crippen molar-refractivity contribution in [1.29, 1.82) is 0 Å². The summed E-state index contributed by atoms with van der Waals surface area (Å²) in [5, 5.41) is 18.6. The summed E-state index contributed by atoms with van der Waals surface area (Å²) in [5.41, 5.74) is 5.19. The van der Waals surface area contributed by atoms with Crippen LogP contribution < -0.4 is 4.74 Å². The van der Waals surface area contributed by atoms with Gasteiger partial charge in [0.15, 0.2) is 0 Å². The van der Waals surface area contributed by atoms with Gasteiger partial charge in [-0.25, -0.2) is 0 Å². The third-order valence-electron chi connectivity index (χ3n) is 4.56. The molecule has 0 saturated carbocycles. The Balaban J connectivity index is 1.99. The van der Waals surface area contributed by atoms with Crippen LogP contribution in [0.25, 0.3) is 11.1 Å². The highest BCUT2D eigenvalue weighted by Gasteiger charge is 2.25. The minimum absolute atomic E-state index is 0.0297. The zero-order valence-corrected chi connectivity index (χ0v) is 13.1. The van der Waals surface area contributed by atoms with E-state index in [1.165, 1.54) is 5.56 Å². The van der Waals surface area contributed by atoms with Crippen LogP contribution in [0.4, 0.5) is 0 Å². The molecule has 0 bridgehead atoms. The smallest absolute Gasteiger partial charge is 0.303 e. The summed E-state index contributed by atoms with van der Waals surface area (Å²) in [6.45, 7) is -0.0297. The van der Waals surface area contributed by atoms with E-state index in [9.17, 15) is 9.90 Å². The van der Waals surface area contributed by atoms with Crippen molar-refractivity contribution in [2.75, 3.05) is 7.11 Å². The van der Waals surface area contributed by atoms with Crippen molar-refractivity contribution in [2.45, 2.75) is 31.8 Å². The van der Waals surface area contributed by atoms with E-state index in [1.54, 1.807) is 7.11 Å². The molecule has 0 fully saturated rings. The number of ether oxygens (including phenoxy) is 1. The van der Waals surface area contributed by atoms with Crippen LogP contribution in [-0.2, 0) is 17.8 Å². The molecule has 0 aromatic heterocycles. The molecule has 23 heavy (non-hydrogen) atoms. The molecule has 0 aliphatic heterocycles. The van der Waals surface area contributed by atoms with E-state index in [-0.39, 0.29) is 18.9 Å². The lowest BCUT2D eigenvalue weighted by atomic mass is 9.93. The molecule has 2 aromatic rings. The highest BCUT2D eigenvalue weighted by atomic mass is 16.5. The number of aryl methyl sites for hydroxylation is 1. The summed E-state index contributed by atoms with van der Waals surface area (Å²) in [7, 11) is 1.62. The van der Waals surface area contributed by atoms with Gasteiger partial charge in [-0.1, -0.05) is 24.3 Å². The highest BCUT2D eigenvalue weighted by molar-refractivity contribution is 5.72. The molecular formula is C19H20O4. The summed E-state index contributed by atoms with van der Waals surface area (Å²) in [6.07, 6.45) is 1.98. The number of aliphatic hydroxyl groups is 1. The summed E-state index contributed by atoms with van der Waals surface area (Å²) in [6, 6.07) is 11.8. The lowest BCUT2D eigenvalue weighted by Gasteiger charge is -2.13. The highest BCUT2D eigenvalue weighted by Crippen LogP contribution is 2.38. The standard InChI is InChI=1S/C19H20O4/c1-23-16-6-4-15(11-20)18(10-16)13-5-7-17-12(8-13)2-3-14(17)9-19(21)22/h4-8,10,14,20H,2-3,9,11H2,1H3,(H,21,22). The van der Waals surface area contributed by atoms with E-state index >= 15 is 0 Å². The summed E-state index contributed by atoms with van der Waals surface area (Å²) >= 11 is 0. The number of carbonyl (C=O) groups is 1. The molecule has 0 spiro atoms. The molecule has 4 nitrogen and oxygen atoms in total. The van der Waals surface area contributed by atoms with Crippen molar-refractivity contribution in [1.82, 2.24) is 0 Å². The van der Waals surface area contributed by atoms with Crippen LogP contribution in [0.15, 0.2) is 36.4 Å². The van der Waals surface area contributed by atoms with E-state index < -0.39 is 5.97 Å². The van der Waals surface area contributed by atoms with E-state index in [0.717, 1.165) is 40.8 Å². The molecule has 0 saturated heterocycles. The van der Waals surface area contributed by atoms with Crippen LogP contribution in [0.1, 0.15) is 35.4 Å². The maximum atomic E-state index is 11.0. The number of hydrogen-bond acceptors (Lipinski definition) is 3. The van der Waals surface area contributed by atoms with Crippen molar-refractivity contribution >= 4 is 5.97 Å². The first-order valence-electron chi connectivity index (χ1n) is 7.75. The van der Waals surface area contributed by atoms with Gasteiger partial charge in [0, 0.05) is 0 Å². The molecular weight excluding hydrogens is 292 g/mol. The van der Waals surface area contributed by atoms with Crippen LogP contribution in [0.5, 0.6) is 5.75 Å². The van der Waals surface area contributed by atoms with Gasteiger partial charge in [0.05, 0.1) is 20.1 Å². The molecule has 0 heterocycles. The van der Waals surface area contributed by atoms with Gasteiger partial charge in [0.2, 0.25) is 0 Å². The molecule has 1 unspecified atom stereocenters. The van der Waals surface area contributed by atoms with Gasteiger partial charge in [-0.3, -0.25) is 4.79 Å². The first kappa shape index (κ1) is 15.6. The predicted octanol–water partition coefficient (Wildman–Crippen LogP) is 3.36. The minimum Gasteiger partial charge on any atom is -0.497 e. The SMILES string of the molecule is COc1ccc(CO)c(-c2ccc3c(c2)CCC3CC(=O)O)c1. The van der Waals surface area contributed by atoms with E-state index in [0.29, 0.717) is 0 Å². The Hall–Kier alpha value is -2.33. The second kappa shape index (κ2) is 6.42. The zero-order chi connectivity index (χ0) is 16.4. The monoisotopic (exact) mass is 312 g/mol. The predicted molar refractivity (Wildman–Crippen MR) is 87.7 cm³/mol. The molecule has 1 aliphatic carbocycles. The quantitative estimate of drug-likeness (QED) is 0.888. The van der Waals surface area contributed by atoms with Crippen LogP contribution in [0.2, 0.25) is 0 Å².